The van der Waals surface area contributed by atoms with Gasteiger partial charge in [0.15, 0.2) is 0 Å². The third-order valence-corrected chi connectivity index (χ3v) is 3.14. The summed E-state index contributed by atoms with van der Waals surface area (Å²) >= 11 is 5.98. The molecule has 0 aliphatic carbocycles. The van der Waals surface area contributed by atoms with Gasteiger partial charge in [-0.15, -0.1) is 12.4 Å². The number of carbonyl (C=O) groups is 1. The summed E-state index contributed by atoms with van der Waals surface area (Å²) in [5.74, 6) is 0.723. The zero-order valence-electron chi connectivity index (χ0n) is 12.1. The van der Waals surface area contributed by atoms with E-state index in [-0.39, 0.29) is 24.2 Å². The Morgan fingerprint density at radius 2 is 2.10 bits per heavy atom. The lowest BCUT2D eigenvalue weighted by Crippen LogP contribution is -2.38. The third kappa shape index (κ3) is 5.99. The van der Waals surface area contributed by atoms with Crippen LogP contribution in [0.15, 0.2) is 24.3 Å². The first-order valence-corrected chi connectivity index (χ1v) is 6.71. The zero-order valence-corrected chi connectivity index (χ0v) is 13.6. The van der Waals surface area contributed by atoms with Gasteiger partial charge >= 0.3 is 0 Å². The summed E-state index contributed by atoms with van der Waals surface area (Å²) in [5.41, 5.74) is 0. The predicted octanol–water partition coefficient (Wildman–Crippen LogP) is 2.45. The van der Waals surface area contributed by atoms with Crippen LogP contribution in [0.2, 0.25) is 5.02 Å². The molecular formula is C14H22Cl2N2O2. The van der Waals surface area contributed by atoms with Crippen LogP contribution in [0.25, 0.3) is 0 Å². The highest BCUT2D eigenvalue weighted by molar-refractivity contribution is 6.32. The lowest BCUT2D eigenvalue weighted by molar-refractivity contribution is -0.133. The molecule has 1 unspecified atom stereocenters. The van der Waals surface area contributed by atoms with Crippen molar-refractivity contribution < 1.29 is 9.53 Å². The molecule has 0 heterocycles. The second-order valence-electron chi connectivity index (χ2n) is 4.50. The Morgan fingerprint density at radius 3 is 2.70 bits per heavy atom. The van der Waals surface area contributed by atoms with E-state index in [1.165, 1.54) is 0 Å². The van der Waals surface area contributed by atoms with Crippen molar-refractivity contribution in [1.82, 2.24) is 10.2 Å². The van der Waals surface area contributed by atoms with E-state index in [0.717, 1.165) is 0 Å². The van der Waals surface area contributed by atoms with Gasteiger partial charge in [0.25, 0.3) is 0 Å². The summed E-state index contributed by atoms with van der Waals surface area (Å²) in [6.07, 6.45) is 0. The highest BCUT2D eigenvalue weighted by atomic mass is 35.5. The van der Waals surface area contributed by atoms with Crippen molar-refractivity contribution in [3.63, 3.8) is 0 Å². The van der Waals surface area contributed by atoms with Gasteiger partial charge in [-0.1, -0.05) is 30.7 Å². The number of amides is 1. The lowest BCUT2D eigenvalue weighted by atomic mass is 10.1. The number of benzene rings is 1. The molecule has 0 aliphatic heterocycles. The van der Waals surface area contributed by atoms with Gasteiger partial charge in [-0.3, -0.25) is 4.79 Å². The Hall–Kier alpha value is -0.970. The molecule has 0 aromatic heterocycles. The van der Waals surface area contributed by atoms with Gasteiger partial charge in [-0.2, -0.15) is 0 Å². The molecule has 1 N–H and O–H groups in total. The summed E-state index contributed by atoms with van der Waals surface area (Å²) in [6, 6.07) is 7.31. The first kappa shape index (κ1) is 19.0. The van der Waals surface area contributed by atoms with Crippen LogP contribution in [0.4, 0.5) is 0 Å². The molecule has 1 aromatic rings. The van der Waals surface area contributed by atoms with Crippen LogP contribution in [0, 0.1) is 5.92 Å². The molecule has 0 saturated carbocycles. The van der Waals surface area contributed by atoms with Crippen molar-refractivity contribution >= 4 is 29.9 Å². The van der Waals surface area contributed by atoms with E-state index in [9.17, 15) is 4.79 Å². The summed E-state index contributed by atoms with van der Waals surface area (Å²) in [4.78, 5) is 13.6. The minimum absolute atomic E-state index is 0. The number of hydrogen-bond donors (Lipinski definition) is 1. The first-order valence-electron chi connectivity index (χ1n) is 6.33. The molecule has 1 atom stereocenters. The molecule has 1 aromatic carbocycles. The maximum Gasteiger partial charge on any atom is 0.226 e. The Kier molecular flexibility index (Phi) is 9.38. The first-order chi connectivity index (χ1) is 9.06. The zero-order chi connectivity index (χ0) is 14.3. The number of para-hydroxylation sites is 1. The van der Waals surface area contributed by atoms with Gasteiger partial charge in [0.2, 0.25) is 5.91 Å². The van der Waals surface area contributed by atoms with E-state index in [4.69, 9.17) is 16.3 Å². The second kappa shape index (κ2) is 9.86. The summed E-state index contributed by atoms with van der Waals surface area (Å²) in [5, 5.41) is 3.58. The minimum atomic E-state index is -0.0321. The molecule has 114 valence electrons. The number of likely N-dealkylation sites (N-methyl/N-ethyl adjacent to an activating group) is 1. The van der Waals surface area contributed by atoms with Gasteiger partial charge in [-0.05, 0) is 19.2 Å². The van der Waals surface area contributed by atoms with E-state index >= 15 is 0 Å². The topological polar surface area (TPSA) is 41.6 Å². The predicted molar refractivity (Wildman–Crippen MR) is 84.9 cm³/mol. The van der Waals surface area contributed by atoms with Crippen molar-refractivity contribution in [3.05, 3.63) is 29.3 Å². The molecule has 0 spiro atoms. The standard InChI is InChI=1S/C14H21ClN2O2.ClH/c1-11(10-16-2)14(18)17(3)8-9-19-13-7-5-4-6-12(13)15;/h4-7,11,16H,8-10H2,1-3H3;1H. The van der Waals surface area contributed by atoms with Crippen molar-refractivity contribution in [3.8, 4) is 5.75 Å². The maximum atomic E-state index is 11.9. The average molecular weight is 321 g/mol. The Bertz CT molecular complexity index is 416. The smallest absolute Gasteiger partial charge is 0.226 e. The molecule has 0 fully saturated rings. The van der Waals surface area contributed by atoms with Crippen LogP contribution >= 0.6 is 24.0 Å². The monoisotopic (exact) mass is 320 g/mol. The average Bonchev–Trinajstić information content (AvgIpc) is 2.40. The quantitative estimate of drug-likeness (QED) is 0.839. The van der Waals surface area contributed by atoms with Gasteiger partial charge in [0.1, 0.15) is 12.4 Å². The normalized spacial score (nSPS) is 11.4. The highest BCUT2D eigenvalue weighted by Crippen LogP contribution is 2.22. The summed E-state index contributed by atoms with van der Waals surface area (Å²) in [6.45, 7) is 3.55. The molecule has 4 nitrogen and oxygen atoms in total. The van der Waals surface area contributed by atoms with E-state index < -0.39 is 0 Å². The lowest BCUT2D eigenvalue weighted by Gasteiger charge is -2.21. The summed E-state index contributed by atoms with van der Waals surface area (Å²) in [7, 11) is 3.62. The Labute approximate surface area is 131 Å². The molecule has 1 rings (SSSR count). The number of ether oxygens (including phenoxy) is 1. The van der Waals surface area contributed by atoms with Gasteiger partial charge < -0.3 is 15.0 Å². The fourth-order valence-corrected chi connectivity index (χ4v) is 1.92. The van der Waals surface area contributed by atoms with Crippen molar-refractivity contribution in [2.24, 2.45) is 5.92 Å². The van der Waals surface area contributed by atoms with Crippen LogP contribution in [-0.2, 0) is 4.79 Å². The van der Waals surface area contributed by atoms with Gasteiger partial charge in [-0.25, -0.2) is 0 Å². The molecular weight excluding hydrogens is 299 g/mol. The Morgan fingerprint density at radius 1 is 1.45 bits per heavy atom. The van der Waals surface area contributed by atoms with Crippen LogP contribution < -0.4 is 10.1 Å². The second-order valence-corrected chi connectivity index (χ2v) is 4.90. The fraction of sp³-hybridized carbons (Fsp3) is 0.500. The van der Waals surface area contributed by atoms with Crippen LogP contribution in [0.5, 0.6) is 5.75 Å². The number of rotatable bonds is 7. The van der Waals surface area contributed by atoms with Gasteiger partial charge in [0.05, 0.1) is 11.6 Å². The molecule has 0 radical (unpaired) electrons. The highest BCUT2D eigenvalue weighted by Gasteiger charge is 2.16. The third-order valence-electron chi connectivity index (χ3n) is 2.83. The largest absolute Gasteiger partial charge is 0.490 e. The molecule has 0 bridgehead atoms. The Balaban J connectivity index is 0.00000361. The minimum Gasteiger partial charge on any atom is -0.490 e. The molecule has 0 aliphatic rings. The maximum absolute atomic E-state index is 11.9. The van der Waals surface area contributed by atoms with Crippen molar-refractivity contribution in [2.45, 2.75) is 6.92 Å². The van der Waals surface area contributed by atoms with E-state index in [0.29, 0.717) is 30.5 Å². The number of halogens is 2. The van der Waals surface area contributed by atoms with E-state index in [2.05, 4.69) is 5.32 Å². The molecule has 0 saturated heterocycles. The number of nitrogens with zero attached hydrogens (tertiary/aromatic N) is 1. The van der Waals surface area contributed by atoms with Gasteiger partial charge in [0, 0.05) is 19.5 Å². The number of hydrogen-bond acceptors (Lipinski definition) is 3. The molecule has 20 heavy (non-hydrogen) atoms. The van der Waals surface area contributed by atoms with E-state index in [1.54, 1.807) is 18.0 Å². The number of nitrogens with one attached hydrogen (secondary N) is 1. The van der Waals surface area contributed by atoms with E-state index in [1.807, 2.05) is 32.2 Å². The van der Waals surface area contributed by atoms with Crippen LogP contribution in [-0.4, -0.2) is 44.6 Å². The number of carbonyl (C=O) groups excluding carboxylic acids is 1. The van der Waals surface area contributed by atoms with Crippen LogP contribution in [0.1, 0.15) is 6.92 Å². The summed E-state index contributed by atoms with van der Waals surface area (Å²) < 4.78 is 5.56. The molecule has 6 heteroatoms. The van der Waals surface area contributed by atoms with Crippen molar-refractivity contribution in [1.29, 1.82) is 0 Å². The fourth-order valence-electron chi connectivity index (χ4n) is 1.73. The van der Waals surface area contributed by atoms with Crippen molar-refractivity contribution in [2.75, 3.05) is 33.8 Å². The molecule has 1 amide bonds. The SMILES string of the molecule is CNCC(C)C(=O)N(C)CCOc1ccccc1Cl.Cl. The van der Waals surface area contributed by atoms with Crippen LogP contribution in [0.3, 0.4) is 0 Å².